The average molecular weight is 303 g/mol. The molecule has 0 saturated heterocycles. The highest BCUT2D eigenvalue weighted by molar-refractivity contribution is 5.66. The maximum absolute atomic E-state index is 10.7. The lowest BCUT2D eigenvalue weighted by Crippen LogP contribution is -2.32. The Morgan fingerprint density at radius 3 is 2.82 bits per heavy atom. The van der Waals surface area contributed by atoms with Gasteiger partial charge in [0.2, 0.25) is 0 Å². The first kappa shape index (κ1) is 14.7. The third-order valence-electron chi connectivity index (χ3n) is 4.16. The molecule has 0 amide bonds. The van der Waals surface area contributed by atoms with Gasteiger partial charge in [-0.1, -0.05) is 6.92 Å². The van der Waals surface area contributed by atoms with Crippen molar-refractivity contribution in [3.05, 3.63) is 18.0 Å². The van der Waals surface area contributed by atoms with Gasteiger partial charge in [-0.2, -0.15) is 4.52 Å². The predicted octanol–water partition coefficient (Wildman–Crippen LogP) is 2.30. The molecule has 1 fully saturated rings. The number of carboxylic acids is 1. The summed E-state index contributed by atoms with van der Waals surface area (Å²) in [5, 5.41) is 25.1. The van der Waals surface area contributed by atoms with E-state index < -0.39 is 5.97 Å². The number of carboxylic acid groups (broad SMARTS) is 1. The number of nitrogens with one attached hydrogen (secondary N) is 1. The molecule has 0 bridgehead atoms. The maximum atomic E-state index is 10.7. The first-order valence-corrected chi connectivity index (χ1v) is 7.58. The highest BCUT2D eigenvalue weighted by Gasteiger charge is 2.38. The van der Waals surface area contributed by atoms with Gasteiger partial charge in [-0.15, -0.1) is 15.3 Å². The third-order valence-corrected chi connectivity index (χ3v) is 4.16. The molecule has 22 heavy (non-hydrogen) atoms. The summed E-state index contributed by atoms with van der Waals surface area (Å²) in [6.07, 6.45) is 1.78. The Hall–Kier alpha value is -2.18. The summed E-state index contributed by atoms with van der Waals surface area (Å²) in [7, 11) is 0. The van der Waals surface area contributed by atoms with Gasteiger partial charge in [0.25, 0.3) is 0 Å². The molecule has 0 spiro atoms. The molecule has 0 aliphatic heterocycles. The van der Waals surface area contributed by atoms with Crippen molar-refractivity contribution in [2.75, 3.05) is 5.32 Å². The molecule has 7 heteroatoms. The van der Waals surface area contributed by atoms with Crippen molar-refractivity contribution in [3.63, 3.8) is 0 Å². The van der Waals surface area contributed by atoms with Crippen LogP contribution in [-0.4, -0.2) is 36.4 Å². The molecular weight excluding hydrogens is 282 g/mol. The zero-order valence-corrected chi connectivity index (χ0v) is 13.1. The Kier molecular flexibility index (Phi) is 3.50. The van der Waals surface area contributed by atoms with Crippen molar-refractivity contribution in [3.8, 4) is 0 Å². The second-order valence-electron chi connectivity index (χ2n) is 6.77. The number of anilines is 1. The highest BCUT2D eigenvalue weighted by Crippen LogP contribution is 2.45. The van der Waals surface area contributed by atoms with Gasteiger partial charge in [0.1, 0.15) is 5.82 Å². The van der Waals surface area contributed by atoms with E-state index in [0.717, 1.165) is 17.9 Å². The van der Waals surface area contributed by atoms with Crippen LogP contribution in [0.5, 0.6) is 0 Å². The van der Waals surface area contributed by atoms with Crippen LogP contribution in [0.3, 0.4) is 0 Å². The van der Waals surface area contributed by atoms with Crippen molar-refractivity contribution < 1.29 is 9.90 Å². The molecular formula is C15H21N5O2. The zero-order chi connectivity index (χ0) is 15.9. The molecule has 1 aliphatic carbocycles. The van der Waals surface area contributed by atoms with Gasteiger partial charge in [0.05, 0.1) is 0 Å². The average Bonchev–Trinajstić information content (AvgIpc) is 3.01. The van der Waals surface area contributed by atoms with Gasteiger partial charge in [-0.25, -0.2) is 0 Å². The standard InChI is InChI=1S/C15H21N5O2/c1-9-8-10(9)14-18-17-12-5-4-11(19-20(12)14)16-15(2,3)7-6-13(21)22/h4-5,9-10H,6-8H2,1-3H3,(H,16,19)(H,21,22). The molecule has 2 atom stereocenters. The second-order valence-corrected chi connectivity index (χ2v) is 6.77. The molecule has 2 unspecified atom stereocenters. The summed E-state index contributed by atoms with van der Waals surface area (Å²) >= 11 is 0. The number of fused-ring (bicyclic) bond motifs is 1. The second kappa shape index (κ2) is 5.23. The Bertz CT molecular complexity index is 709. The monoisotopic (exact) mass is 303 g/mol. The molecule has 0 radical (unpaired) electrons. The molecule has 2 aromatic heterocycles. The lowest BCUT2D eigenvalue weighted by atomic mass is 9.98. The van der Waals surface area contributed by atoms with E-state index in [9.17, 15) is 4.79 Å². The van der Waals surface area contributed by atoms with E-state index in [-0.39, 0.29) is 12.0 Å². The fourth-order valence-corrected chi connectivity index (χ4v) is 2.61. The lowest BCUT2D eigenvalue weighted by molar-refractivity contribution is -0.137. The molecule has 0 aromatic carbocycles. The van der Waals surface area contributed by atoms with E-state index in [0.29, 0.717) is 24.1 Å². The van der Waals surface area contributed by atoms with Gasteiger partial charge in [0.15, 0.2) is 11.5 Å². The van der Waals surface area contributed by atoms with Gasteiger partial charge >= 0.3 is 5.97 Å². The quantitative estimate of drug-likeness (QED) is 0.850. The minimum atomic E-state index is -0.790. The summed E-state index contributed by atoms with van der Waals surface area (Å²) in [6, 6.07) is 3.73. The highest BCUT2D eigenvalue weighted by atomic mass is 16.4. The summed E-state index contributed by atoms with van der Waals surface area (Å²) in [6.45, 7) is 6.14. The van der Waals surface area contributed by atoms with E-state index in [1.807, 2.05) is 26.0 Å². The number of hydrogen-bond acceptors (Lipinski definition) is 5. The van der Waals surface area contributed by atoms with Crippen LogP contribution in [-0.2, 0) is 4.79 Å². The fraction of sp³-hybridized carbons (Fsp3) is 0.600. The number of nitrogens with zero attached hydrogens (tertiary/aromatic N) is 4. The minimum Gasteiger partial charge on any atom is -0.481 e. The summed E-state index contributed by atoms with van der Waals surface area (Å²) < 4.78 is 1.80. The van der Waals surface area contributed by atoms with Crippen LogP contribution >= 0.6 is 0 Å². The van der Waals surface area contributed by atoms with Crippen molar-refractivity contribution in [1.82, 2.24) is 19.8 Å². The largest absolute Gasteiger partial charge is 0.481 e. The summed E-state index contributed by atoms with van der Waals surface area (Å²) in [4.78, 5) is 10.7. The normalized spacial score (nSPS) is 21.0. The van der Waals surface area contributed by atoms with E-state index >= 15 is 0 Å². The SMILES string of the molecule is CC1CC1c1nnc2ccc(NC(C)(C)CCC(=O)O)nn12. The van der Waals surface area contributed by atoms with Crippen LogP contribution in [0.1, 0.15) is 51.8 Å². The first-order valence-electron chi connectivity index (χ1n) is 7.58. The van der Waals surface area contributed by atoms with Crippen LogP contribution in [0.2, 0.25) is 0 Å². The van der Waals surface area contributed by atoms with Gasteiger partial charge in [0, 0.05) is 17.9 Å². The third kappa shape index (κ3) is 3.03. The van der Waals surface area contributed by atoms with Crippen molar-refractivity contribution in [2.24, 2.45) is 5.92 Å². The van der Waals surface area contributed by atoms with E-state index in [1.54, 1.807) is 4.52 Å². The maximum Gasteiger partial charge on any atom is 0.303 e. The van der Waals surface area contributed by atoms with Crippen LogP contribution in [0, 0.1) is 5.92 Å². The molecule has 3 rings (SSSR count). The Morgan fingerprint density at radius 2 is 2.18 bits per heavy atom. The van der Waals surface area contributed by atoms with Gasteiger partial charge in [-0.3, -0.25) is 4.79 Å². The number of aromatic nitrogens is 4. The van der Waals surface area contributed by atoms with Crippen molar-refractivity contribution in [2.45, 2.75) is 51.5 Å². The Labute approximate surface area is 128 Å². The number of aliphatic carboxylic acids is 1. The molecule has 2 N–H and O–H groups in total. The van der Waals surface area contributed by atoms with Crippen LogP contribution < -0.4 is 5.32 Å². The molecule has 2 heterocycles. The summed E-state index contributed by atoms with van der Waals surface area (Å²) in [5.41, 5.74) is 0.392. The number of hydrogen-bond donors (Lipinski definition) is 2. The fourth-order valence-electron chi connectivity index (χ4n) is 2.61. The zero-order valence-electron chi connectivity index (χ0n) is 13.1. The predicted molar refractivity (Wildman–Crippen MR) is 81.9 cm³/mol. The van der Waals surface area contributed by atoms with E-state index in [1.165, 1.54) is 0 Å². The van der Waals surface area contributed by atoms with E-state index in [2.05, 4.69) is 27.5 Å². The van der Waals surface area contributed by atoms with Crippen molar-refractivity contribution in [1.29, 1.82) is 0 Å². The molecule has 1 saturated carbocycles. The number of rotatable bonds is 6. The molecule has 1 aliphatic rings. The Morgan fingerprint density at radius 1 is 1.45 bits per heavy atom. The Balaban J connectivity index is 1.80. The van der Waals surface area contributed by atoms with Gasteiger partial charge in [-0.05, 0) is 44.7 Å². The summed E-state index contributed by atoms with van der Waals surface area (Å²) in [5.74, 6) is 1.91. The van der Waals surface area contributed by atoms with Crippen LogP contribution in [0.25, 0.3) is 5.65 Å². The van der Waals surface area contributed by atoms with E-state index in [4.69, 9.17) is 5.11 Å². The van der Waals surface area contributed by atoms with Crippen molar-refractivity contribution >= 4 is 17.4 Å². The van der Waals surface area contributed by atoms with Crippen LogP contribution in [0.4, 0.5) is 5.82 Å². The minimum absolute atomic E-state index is 0.125. The lowest BCUT2D eigenvalue weighted by Gasteiger charge is -2.26. The van der Waals surface area contributed by atoms with Gasteiger partial charge < -0.3 is 10.4 Å². The molecule has 2 aromatic rings. The van der Waals surface area contributed by atoms with Crippen LogP contribution in [0.15, 0.2) is 12.1 Å². The first-order chi connectivity index (χ1) is 10.4. The molecule has 118 valence electrons. The topological polar surface area (TPSA) is 92.4 Å². The smallest absolute Gasteiger partial charge is 0.303 e. The molecule has 7 nitrogen and oxygen atoms in total. The number of carbonyl (C=O) groups is 1.